The molecule has 0 spiro atoms. The number of sulfonamides is 1. The standard InChI is InChI=1S/C31H37Cl2N3O5S/c1-7-27(31(38)34-20(2)3)35(18-24-25(32)9-8-10-26(24)33)30(37)19-36(28-17-22(5)13-16-29(28)41-6)42(39,40)23-14-11-21(4)12-15-23/h8-17,20,27H,7,18-19H2,1-6H3,(H,34,38). The predicted octanol–water partition coefficient (Wildman–Crippen LogP) is 6.15. The van der Waals surface area contributed by atoms with E-state index in [1.807, 2.05) is 27.7 Å². The van der Waals surface area contributed by atoms with Crippen LogP contribution in [0.5, 0.6) is 5.75 Å². The number of hydrogen-bond acceptors (Lipinski definition) is 5. The zero-order valence-corrected chi connectivity index (χ0v) is 27.0. The van der Waals surface area contributed by atoms with Gasteiger partial charge in [0.25, 0.3) is 10.0 Å². The molecule has 1 N–H and O–H groups in total. The first kappa shape index (κ1) is 33.2. The molecule has 226 valence electrons. The van der Waals surface area contributed by atoms with Crippen molar-refractivity contribution in [3.05, 3.63) is 87.4 Å². The summed E-state index contributed by atoms with van der Waals surface area (Å²) in [5, 5.41) is 3.51. The molecular formula is C31H37Cl2N3O5S. The number of anilines is 1. The predicted molar refractivity (Wildman–Crippen MR) is 168 cm³/mol. The molecule has 11 heteroatoms. The molecule has 42 heavy (non-hydrogen) atoms. The van der Waals surface area contributed by atoms with Gasteiger partial charge >= 0.3 is 0 Å². The zero-order valence-electron chi connectivity index (χ0n) is 24.6. The summed E-state index contributed by atoms with van der Waals surface area (Å²) in [4.78, 5) is 28.9. The highest BCUT2D eigenvalue weighted by Gasteiger charge is 2.35. The SMILES string of the molecule is CCC(C(=O)NC(C)C)N(Cc1c(Cl)cccc1Cl)C(=O)CN(c1cc(C)ccc1OC)S(=O)(=O)c1ccc(C)cc1. The van der Waals surface area contributed by atoms with E-state index in [9.17, 15) is 18.0 Å². The molecule has 0 fully saturated rings. The Morgan fingerprint density at radius 2 is 1.55 bits per heavy atom. The minimum atomic E-state index is -4.26. The lowest BCUT2D eigenvalue weighted by atomic mass is 10.1. The van der Waals surface area contributed by atoms with Crippen LogP contribution >= 0.6 is 23.2 Å². The highest BCUT2D eigenvalue weighted by molar-refractivity contribution is 7.92. The molecule has 3 aromatic carbocycles. The van der Waals surface area contributed by atoms with Crippen LogP contribution in [0.25, 0.3) is 0 Å². The minimum absolute atomic E-state index is 0.00903. The van der Waals surface area contributed by atoms with Crippen molar-refractivity contribution >= 4 is 50.7 Å². The van der Waals surface area contributed by atoms with E-state index in [-0.39, 0.29) is 41.2 Å². The van der Waals surface area contributed by atoms with Gasteiger partial charge in [-0.1, -0.05) is 60.0 Å². The van der Waals surface area contributed by atoms with E-state index in [0.717, 1.165) is 15.4 Å². The molecule has 3 rings (SSSR count). The topological polar surface area (TPSA) is 96.0 Å². The van der Waals surface area contributed by atoms with Gasteiger partial charge in [0.2, 0.25) is 11.8 Å². The van der Waals surface area contributed by atoms with Gasteiger partial charge in [0, 0.05) is 28.2 Å². The molecule has 0 saturated carbocycles. The van der Waals surface area contributed by atoms with Crippen molar-refractivity contribution < 1.29 is 22.7 Å². The maximum atomic E-state index is 14.3. The van der Waals surface area contributed by atoms with Crippen LogP contribution in [-0.2, 0) is 26.2 Å². The van der Waals surface area contributed by atoms with Gasteiger partial charge in [-0.2, -0.15) is 0 Å². The molecule has 2 amide bonds. The molecule has 0 aromatic heterocycles. The van der Waals surface area contributed by atoms with E-state index in [1.54, 1.807) is 55.5 Å². The highest BCUT2D eigenvalue weighted by Crippen LogP contribution is 2.34. The van der Waals surface area contributed by atoms with E-state index in [4.69, 9.17) is 27.9 Å². The van der Waals surface area contributed by atoms with Crippen LogP contribution in [0.3, 0.4) is 0 Å². The average Bonchev–Trinajstić information content (AvgIpc) is 2.92. The van der Waals surface area contributed by atoms with Gasteiger partial charge in [0.15, 0.2) is 0 Å². The summed E-state index contributed by atoms with van der Waals surface area (Å²) in [5.41, 5.74) is 2.30. The third-order valence-corrected chi connectivity index (χ3v) is 9.18. The smallest absolute Gasteiger partial charge is 0.264 e. The third-order valence-electron chi connectivity index (χ3n) is 6.70. The Morgan fingerprint density at radius 3 is 2.10 bits per heavy atom. The minimum Gasteiger partial charge on any atom is -0.495 e. The number of aryl methyl sites for hydroxylation is 2. The first-order valence-electron chi connectivity index (χ1n) is 13.6. The summed E-state index contributed by atoms with van der Waals surface area (Å²) in [7, 11) is -2.82. The summed E-state index contributed by atoms with van der Waals surface area (Å²) in [5.74, 6) is -0.713. The highest BCUT2D eigenvalue weighted by atomic mass is 35.5. The second-order valence-corrected chi connectivity index (χ2v) is 13.0. The van der Waals surface area contributed by atoms with Gasteiger partial charge in [-0.25, -0.2) is 8.42 Å². The van der Waals surface area contributed by atoms with Gasteiger partial charge in [0.1, 0.15) is 18.3 Å². The molecular weight excluding hydrogens is 597 g/mol. The number of rotatable bonds is 12. The quantitative estimate of drug-likeness (QED) is 0.258. The van der Waals surface area contributed by atoms with Crippen molar-refractivity contribution in [1.82, 2.24) is 10.2 Å². The second-order valence-electron chi connectivity index (χ2n) is 10.3. The molecule has 0 saturated heterocycles. The maximum absolute atomic E-state index is 14.3. The molecule has 8 nitrogen and oxygen atoms in total. The van der Waals surface area contributed by atoms with Crippen LogP contribution in [0.2, 0.25) is 10.0 Å². The van der Waals surface area contributed by atoms with Crippen LogP contribution in [0.1, 0.15) is 43.9 Å². The van der Waals surface area contributed by atoms with Crippen molar-refractivity contribution in [2.24, 2.45) is 0 Å². The Morgan fingerprint density at radius 1 is 0.952 bits per heavy atom. The Balaban J connectivity index is 2.17. The first-order chi connectivity index (χ1) is 19.8. The second kappa shape index (κ2) is 14.3. The summed E-state index contributed by atoms with van der Waals surface area (Å²) in [6.07, 6.45) is 0.269. The van der Waals surface area contributed by atoms with Gasteiger partial charge in [-0.15, -0.1) is 0 Å². The van der Waals surface area contributed by atoms with Crippen LogP contribution in [0, 0.1) is 13.8 Å². The van der Waals surface area contributed by atoms with Gasteiger partial charge in [-0.05, 0) is 76.1 Å². The number of carbonyl (C=O) groups excluding carboxylic acids is 2. The van der Waals surface area contributed by atoms with E-state index in [1.165, 1.54) is 24.1 Å². The molecule has 1 unspecified atom stereocenters. The number of nitrogens with one attached hydrogen (secondary N) is 1. The van der Waals surface area contributed by atoms with Crippen molar-refractivity contribution in [3.8, 4) is 5.75 Å². The summed E-state index contributed by atoms with van der Waals surface area (Å²) >= 11 is 12.9. The van der Waals surface area contributed by atoms with E-state index in [0.29, 0.717) is 15.6 Å². The van der Waals surface area contributed by atoms with Crippen LogP contribution in [0.4, 0.5) is 5.69 Å². The number of halogens is 2. The first-order valence-corrected chi connectivity index (χ1v) is 15.8. The fraction of sp³-hybridized carbons (Fsp3) is 0.355. The summed E-state index contributed by atoms with van der Waals surface area (Å²) < 4.78 is 34.8. The molecule has 0 aliphatic rings. The molecule has 0 aliphatic heterocycles. The number of amides is 2. The lowest BCUT2D eigenvalue weighted by Gasteiger charge is -2.34. The van der Waals surface area contributed by atoms with Crippen molar-refractivity contribution in [2.45, 2.75) is 64.6 Å². The van der Waals surface area contributed by atoms with Crippen LogP contribution in [0.15, 0.2) is 65.6 Å². The zero-order chi connectivity index (χ0) is 31.2. The van der Waals surface area contributed by atoms with Crippen molar-refractivity contribution in [2.75, 3.05) is 18.0 Å². The number of hydrogen-bond donors (Lipinski definition) is 1. The molecule has 0 heterocycles. The number of nitrogens with zero attached hydrogens (tertiary/aromatic N) is 2. The molecule has 0 aliphatic carbocycles. The maximum Gasteiger partial charge on any atom is 0.264 e. The fourth-order valence-electron chi connectivity index (χ4n) is 4.50. The Hall–Kier alpha value is -3.27. The molecule has 1 atom stereocenters. The van der Waals surface area contributed by atoms with E-state index >= 15 is 0 Å². The van der Waals surface area contributed by atoms with E-state index in [2.05, 4.69) is 5.32 Å². The number of methoxy groups -OCH3 is 1. The van der Waals surface area contributed by atoms with Crippen LogP contribution in [-0.4, -0.2) is 50.9 Å². The normalized spacial score (nSPS) is 12.1. The number of benzene rings is 3. The largest absolute Gasteiger partial charge is 0.495 e. The lowest BCUT2D eigenvalue weighted by molar-refractivity contribution is -0.140. The molecule has 0 bridgehead atoms. The average molecular weight is 635 g/mol. The Kier molecular flexibility index (Phi) is 11.3. The summed E-state index contributed by atoms with van der Waals surface area (Å²) in [6.45, 7) is 8.38. The number of ether oxygens (including phenoxy) is 1. The molecule has 0 radical (unpaired) electrons. The van der Waals surface area contributed by atoms with Gasteiger partial charge < -0.3 is 15.0 Å². The van der Waals surface area contributed by atoms with Gasteiger partial charge in [-0.3, -0.25) is 13.9 Å². The van der Waals surface area contributed by atoms with E-state index < -0.39 is 28.5 Å². The monoisotopic (exact) mass is 633 g/mol. The lowest BCUT2D eigenvalue weighted by Crippen LogP contribution is -2.53. The number of carbonyl (C=O) groups is 2. The molecule has 3 aromatic rings. The van der Waals surface area contributed by atoms with Crippen molar-refractivity contribution in [1.29, 1.82) is 0 Å². The van der Waals surface area contributed by atoms with Crippen molar-refractivity contribution in [3.63, 3.8) is 0 Å². The fourth-order valence-corrected chi connectivity index (χ4v) is 6.43. The summed E-state index contributed by atoms with van der Waals surface area (Å²) in [6, 6.07) is 15.3. The Bertz CT molecular complexity index is 1510. The Labute approximate surface area is 258 Å². The van der Waals surface area contributed by atoms with Gasteiger partial charge in [0.05, 0.1) is 17.7 Å². The van der Waals surface area contributed by atoms with Crippen LogP contribution < -0.4 is 14.4 Å². The third kappa shape index (κ3) is 7.76.